The number of nitrogens with one attached hydrogen (secondary N) is 2. The van der Waals surface area contributed by atoms with Crippen molar-refractivity contribution in [3.05, 3.63) is 65.6 Å². The topological polar surface area (TPSA) is 81.3 Å². The molecule has 0 saturated carbocycles. The summed E-state index contributed by atoms with van der Waals surface area (Å²) in [5.74, 6) is -0.440. The minimum absolute atomic E-state index is 0.135. The van der Waals surface area contributed by atoms with Crippen LogP contribution in [0.2, 0.25) is 0 Å². The SMILES string of the molecule is O=C(NCc1ccc(F)cc1)N1CCN(C(=O)c2n[nH]c3ccccc23)CC1. The molecule has 2 aromatic carbocycles. The van der Waals surface area contributed by atoms with Gasteiger partial charge in [0.05, 0.1) is 5.52 Å². The standard InChI is InChI=1S/C20H20FN5O2/c21-15-7-5-14(6-8-15)13-22-20(28)26-11-9-25(10-12-26)19(27)18-16-3-1-2-4-17(16)23-24-18/h1-8H,9-13H2,(H,22,28)(H,23,24). The molecule has 144 valence electrons. The molecule has 8 heteroatoms. The molecule has 0 bridgehead atoms. The minimum Gasteiger partial charge on any atom is -0.334 e. The van der Waals surface area contributed by atoms with Crippen LogP contribution in [0.15, 0.2) is 48.5 Å². The summed E-state index contributed by atoms with van der Waals surface area (Å²) in [6, 6.07) is 13.3. The molecule has 0 spiro atoms. The number of amides is 3. The number of fused-ring (bicyclic) bond motifs is 1. The lowest BCUT2D eigenvalue weighted by Crippen LogP contribution is -2.53. The zero-order valence-corrected chi connectivity index (χ0v) is 15.2. The second kappa shape index (κ2) is 7.67. The molecule has 4 rings (SSSR count). The van der Waals surface area contributed by atoms with Crippen molar-refractivity contribution in [3.8, 4) is 0 Å². The van der Waals surface area contributed by atoms with E-state index in [0.29, 0.717) is 38.4 Å². The molecule has 0 unspecified atom stereocenters. The van der Waals surface area contributed by atoms with Gasteiger partial charge < -0.3 is 15.1 Å². The lowest BCUT2D eigenvalue weighted by atomic mass is 10.2. The van der Waals surface area contributed by atoms with Crippen molar-refractivity contribution in [3.63, 3.8) is 0 Å². The first kappa shape index (κ1) is 18.0. The molecule has 2 N–H and O–H groups in total. The highest BCUT2D eigenvalue weighted by atomic mass is 19.1. The lowest BCUT2D eigenvalue weighted by molar-refractivity contribution is 0.0661. The van der Waals surface area contributed by atoms with Gasteiger partial charge in [-0.05, 0) is 23.8 Å². The van der Waals surface area contributed by atoms with E-state index >= 15 is 0 Å². The van der Waals surface area contributed by atoms with Crippen molar-refractivity contribution in [2.75, 3.05) is 26.2 Å². The number of para-hydroxylation sites is 1. The average Bonchev–Trinajstić information content (AvgIpc) is 3.17. The van der Waals surface area contributed by atoms with Gasteiger partial charge in [0, 0.05) is 38.1 Å². The highest BCUT2D eigenvalue weighted by Crippen LogP contribution is 2.17. The van der Waals surface area contributed by atoms with Gasteiger partial charge in [-0.3, -0.25) is 9.89 Å². The van der Waals surface area contributed by atoms with Gasteiger partial charge in [-0.2, -0.15) is 5.10 Å². The summed E-state index contributed by atoms with van der Waals surface area (Å²) in [6.07, 6.45) is 0. The third kappa shape index (κ3) is 3.66. The van der Waals surface area contributed by atoms with Crippen LogP contribution in [0.3, 0.4) is 0 Å². The first-order valence-corrected chi connectivity index (χ1v) is 9.11. The highest BCUT2D eigenvalue weighted by Gasteiger charge is 2.27. The summed E-state index contributed by atoms with van der Waals surface area (Å²) >= 11 is 0. The Morgan fingerprint density at radius 2 is 1.68 bits per heavy atom. The molecule has 1 saturated heterocycles. The minimum atomic E-state index is -0.305. The largest absolute Gasteiger partial charge is 0.334 e. The number of benzene rings is 2. The Morgan fingerprint density at radius 3 is 2.43 bits per heavy atom. The van der Waals surface area contributed by atoms with E-state index < -0.39 is 0 Å². The van der Waals surface area contributed by atoms with E-state index in [9.17, 15) is 14.0 Å². The monoisotopic (exact) mass is 381 g/mol. The molecule has 1 aliphatic rings. The number of carbonyl (C=O) groups is 2. The maximum atomic E-state index is 12.9. The van der Waals surface area contributed by atoms with Gasteiger partial charge in [0.1, 0.15) is 5.82 Å². The van der Waals surface area contributed by atoms with E-state index in [1.807, 2.05) is 24.3 Å². The average molecular weight is 381 g/mol. The van der Waals surface area contributed by atoms with Crippen molar-refractivity contribution in [1.82, 2.24) is 25.3 Å². The molecule has 0 radical (unpaired) electrons. The van der Waals surface area contributed by atoms with E-state index in [0.717, 1.165) is 16.5 Å². The quantitative estimate of drug-likeness (QED) is 0.731. The molecular weight excluding hydrogens is 361 g/mol. The number of hydrogen-bond acceptors (Lipinski definition) is 3. The Balaban J connectivity index is 1.32. The molecule has 3 amide bonds. The molecule has 7 nitrogen and oxygen atoms in total. The molecule has 0 atom stereocenters. The number of hydrogen-bond donors (Lipinski definition) is 2. The Bertz CT molecular complexity index is 993. The summed E-state index contributed by atoms with van der Waals surface area (Å²) in [4.78, 5) is 28.5. The van der Waals surface area contributed by atoms with Crippen LogP contribution in [-0.4, -0.2) is 58.1 Å². The number of nitrogens with zero attached hydrogens (tertiary/aromatic N) is 3. The normalized spacial score (nSPS) is 14.3. The van der Waals surface area contributed by atoms with Crippen LogP contribution >= 0.6 is 0 Å². The van der Waals surface area contributed by atoms with E-state index in [1.54, 1.807) is 21.9 Å². The summed E-state index contributed by atoms with van der Waals surface area (Å²) in [5, 5.41) is 10.7. The fourth-order valence-electron chi connectivity index (χ4n) is 3.28. The van der Waals surface area contributed by atoms with E-state index in [1.165, 1.54) is 12.1 Å². The van der Waals surface area contributed by atoms with Crippen LogP contribution in [0.5, 0.6) is 0 Å². The van der Waals surface area contributed by atoms with Crippen molar-refractivity contribution in [1.29, 1.82) is 0 Å². The Morgan fingerprint density at radius 1 is 1.00 bits per heavy atom. The Labute approximate surface area is 161 Å². The zero-order valence-electron chi connectivity index (χ0n) is 15.2. The van der Waals surface area contributed by atoms with Crippen molar-refractivity contribution >= 4 is 22.8 Å². The van der Waals surface area contributed by atoms with Crippen molar-refractivity contribution in [2.24, 2.45) is 0 Å². The van der Waals surface area contributed by atoms with Gasteiger partial charge in [-0.25, -0.2) is 9.18 Å². The number of H-pyrrole nitrogens is 1. The molecule has 1 aromatic heterocycles. The van der Waals surface area contributed by atoms with E-state index in [4.69, 9.17) is 0 Å². The second-order valence-electron chi connectivity index (χ2n) is 6.68. The number of halogens is 1. The van der Waals surface area contributed by atoms with E-state index in [-0.39, 0.29) is 17.8 Å². The maximum absolute atomic E-state index is 12.9. The van der Waals surface area contributed by atoms with Crippen LogP contribution in [0.1, 0.15) is 16.1 Å². The van der Waals surface area contributed by atoms with Gasteiger partial charge in [-0.1, -0.05) is 30.3 Å². The van der Waals surface area contributed by atoms with Crippen LogP contribution in [0, 0.1) is 5.82 Å². The summed E-state index contributed by atoms with van der Waals surface area (Å²) in [6.45, 7) is 2.12. The lowest BCUT2D eigenvalue weighted by Gasteiger charge is -2.34. The fraction of sp³-hybridized carbons (Fsp3) is 0.250. The van der Waals surface area contributed by atoms with Gasteiger partial charge >= 0.3 is 6.03 Å². The van der Waals surface area contributed by atoms with Crippen LogP contribution < -0.4 is 5.32 Å². The van der Waals surface area contributed by atoms with Crippen molar-refractivity contribution in [2.45, 2.75) is 6.54 Å². The first-order chi connectivity index (χ1) is 13.6. The van der Waals surface area contributed by atoms with Gasteiger partial charge in [0.2, 0.25) is 0 Å². The molecule has 28 heavy (non-hydrogen) atoms. The van der Waals surface area contributed by atoms with Crippen LogP contribution in [0.25, 0.3) is 10.9 Å². The number of aromatic amines is 1. The van der Waals surface area contributed by atoms with Gasteiger partial charge in [-0.15, -0.1) is 0 Å². The molecular formula is C20H20FN5O2. The molecule has 3 aromatic rings. The third-order valence-corrected chi connectivity index (χ3v) is 4.88. The fourth-order valence-corrected chi connectivity index (χ4v) is 3.28. The first-order valence-electron chi connectivity index (χ1n) is 9.11. The second-order valence-corrected chi connectivity index (χ2v) is 6.68. The predicted molar refractivity (Wildman–Crippen MR) is 102 cm³/mol. The third-order valence-electron chi connectivity index (χ3n) is 4.88. The summed E-state index contributed by atoms with van der Waals surface area (Å²) in [5.41, 5.74) is 2.06. The number of piperazine rings is 1. The number of urea groups is 1. The maximum Gasteiger partial charge on any atom is 0.317 e. The van der Waals surface area contributed by atoms with E-state index in [2.05, 4.69) is 15.5 Å². The molecule has 0 aliphatic carbocycles. The van der Waals surface area contributed by atoms with Gasteiger partial charge in [0.15, 0.2) is 5.69 Å². The number of carbonyl (C=O) groups excluding carboxylic acids is 2. The predicted octanol–water partition coefficient (Wildman–Crippen LogP) is 2.37. The van der Waals surface area contributed by atoms with Gasteiger partial charge in [0.25, 0.3) is 5.91 Å². The molecule has 1 aliphatic heterocycles. The summed E-state index contributed by atoms with van der Waals surface area (Å²) < 4.78 is 12.9. The highest BCUT2D eigenvalue weighted by molar-refractivity contribution is 6.04. The molecule has 1 fully saturated rings. The van der Waals surface area contributed by atoms with Crippen LogP contribution in [-0.2, 0) is 6.54 Å². The zero-order chi connectivity index (χ0) is 19.5. The Hall–Kier alpha value is -3.42. The molecule has 2 heterocycles. The van der Waals surface area contributed by atoms with Crippen LogP contribution in [0.4, 0.5) is 9.18 Å². The smallest absolute Gasteiger partial charge is 0.317 e. The number of rotatable bonds is 3. The summed E-state index contributed by atoms with van der Waals surface area (Å²) in [7, 11) is 0. The van der Waals surface area contributed by atoms with Crippen molar-refractivity contribution < 1.29 is 14.0 Å². The Kier molecular flexibility index (Phi) is 4.92. The number of aromatic nitrogens is 2.